The maximum Gasteiger partial charge on any atom is 0.213 e. The van der Waals surface area contributed by atoms with Crippen molar-refractivity contribution in [3.8, 4) is 17.1 Å². The van der Waals surface area contributed by atoms with Crippen LogP contribution >= 0.6 is 0 Å². The minimum absolute atomic E-state index is 0.136. The maximum atomic E-state index is 9.25. The fraction of sp³-hybridized carbons (Fsp3) is 0.167. The Kier molecular flexibility index (Phi) is 3.12. The first kappa shape index (κ1) is 10.6. The first-order chi connectivity index (χ1) is 7.85. The number of rotatable bonds is 3. The molecule has 0 aromatic carbocycles. The van der Waals surface area contributed by atoms with Gasteiger partial charge >= 0.3 is 0 Å². The molecule has 4 nitrogen and oxygen atoms in total. The lowest BCUT2D eigenvalue weighted by Crippen LogP contribution is -1.97. The van der Waals surface area contributed by atoms with Gasteiger partial charge in [0.15, 0.2) is 0 Å². The fourth-order valence-corrected chi connectivity index (χ4v) is 1.47. The predicted molar refractivity (Wildman–Crippen MR) is 59.9 cm³/mol. The quantitative estimate of drug-likeness (QED) is 0.847. The standard InChI is InChI=1S/C12H12N2O2/c1-16-12-6-5-9(11(8-15)14-12)10-4-2-3-7-13-10/h2-7,15H,8H2,1H3. The first-order valence-corrected chi connectivity index (χ1v) is 4.91. The van der Waals surface area contributed by atoms with Crippen LogP contribution in [0.3, 0.4) is 0 Å². The topological polar surface area (TPSA) is 55.2 Å². The highest BCUT2D eigenvalue weighted by molar-refractivity contribution is 5.62. The summed E-state index contributed by atoms with van der Waals surface area (Å²) in [7, 11) is 1.55. The molecule has 0 saturated carbocycles. The molecule has 2 rings (SSSR count). The van der Waals surface area contributed by atoms with E-state index in [0.717, 1.165) is 11.3 Å². The van der Waals surface area contributed by atoms with Gasteiger partial charge in [-0.25, -0.2) is 4.98 Å². The van der Waals surface area contributed by atoms with Gasteiger partial charge in [0, 0.05) is 17.8 Å². The smallest absolute Gasteiger partial charge is 0.213 e. The van der Waals surface area contributed by atoms with Gasteiger partial charge in [0.2, 0.25) is 5.88 Å². The Bertz CT molecular complexity index is 472. The minimum Gasteiger partial charge on any atom is -0.481 e. The van der Waals surface area contributed by atoms with E-state index in [1.807, 2.05) is 24.3 Å². The van der Waals surface area contributed by atoms with Crippen molar-refractivity contribution >= 4 is 0 Å². The Morgan fingerprint density at radius 2 is 2.12 bits per heavy atom. The van der Waals surface area contributed by atoms with E-state index < -0.39 is 0 Å². The summed E-state index contributed by atoms with van der Waals surface area (Å²) in [6.45, 7) is -0.136. The van der Waals surface area contributed by atoms with Crippen LogP contribution in [0.4, 0.5) is 0 Å². The molecule has 2 aromatic heterocycles. The van der Waals surface area contributed by atoms with Gasteiger partial charge < -0.3 is 9.84 Å². The zero-order chi connectivity index (χ0) is 11.4. The second kappa shape index (κ2) is 4.72. The molecule has 2 heterocycles. The van der Waals surface area contributed by atoms with Gasteiger partial charge in [-0.3, -0.25) is 4.98 Å². The summed E-state index contributed by atoms with van der Waals surface area (Å²) in [6, 6.07) is 9.22. The largest absolute Gasteiger partial charge is 0.481 e. The second-order valence-electron chi connectivity index (χ2n) is 3.22. The third kappa shape index (κ3) is 2.01. The average Bonchev–Trinajstić information content (AvgIpc) is 2.39. The molecule has 0 unspecified atom stereocenters. The summed E-state index contributed by atoms with van der Waals surface area (Å²) in [4.78, 5) is 8.39. The molecule has 1 N–H and O–H groups in total. The molecule has 0 fully saturated rings. The van der Waals surface area contributed by atoms with E-state index in [1.54, 1.807) is 19.4 Å². The molecule has 0 bridgehead atoms. The van der Waals surface area contributed by atoms with Crippen molar-refractivity contribution in [2.24, 2.45) is 0 Å². The number of hydrogen-bond acceptors (Lipinski definition) is 4. The summed E-state index contributed by atoms with van der Waals surface area (Å²) >= 11 is 0. The summed E-state index contributed by atoms with van der Waals surface area (Å²) < 4.78 is 5.00. The van der Waals surface area contributed by atoms with E-state index in [2.05, 4.69) is 9.97 Å². The van der Waals surface area contributed by atoms with Crippen molar-refractivity contribution in [1.82, 2.24) is 9.97 Å². The molecule has 0 aliphatic rings. The first-order valence-electron chi connectivity index (χ1n) is 4.91. The predicted octanol–water partition coefficient (Wildman–Crippen LogP) is 1.64. The van der Waals surface area contributed by atoms with Crippen LogP contribution in [0.1, 0.15) is 5.69 Å². The van der Waals surface area contributed by atoms with Crippen molar-refractivity contribution in [2.75, 3.05) is 7.11 Å². The van der Waals surface area contributed by atoms with E-state index >= 15 is 0 Å². The number of aromatic nitrogens is 2. The molecular formula is C12H12N2O2. The van der Waals surface area contributed by atoms with Crippen LogP contribution in [0.15, 0.2) is 36.5 Å². The Hall–Kier alpha value is -1.94. The normalized spacial score (nSPS) is 10.1. The van der Waals surface area contributed by atoms with Gasteiger partial charge in [-0.1, -0.05) is 6.07 Å². The molecule has 0 atom stereocenters. The Labute approximate surface area is 93.6 Å². The summed E-state index contributed by atoms with van der Waals surface area (Å²) in [6.07, 6.45) is 1.71. The zero-order valence-electron chi connectivity index (χ0n) is 8.92. The van der Waals surface area contributed by atoms with Gasteiger partial charge in [-0.05, 0) is 18.2 Å². The number of aliphatic hydroxyl groups excluding tert-OH is 1. The molecule has 0 aliphatic carbocycles. The van der Waals surface area contributed by atoms with E-state index in [4.69, 9.17) is 4.74 Å². The Morgan fingerprint density at radius 1 is 1.25 bits per heavy atom. The van der Waals surface area contributed by atoms with Crippen LogP contribution in [-0.2, 0) is 6.61 Å². The van der Waals surface area contributed by atoms with Crippen LogP contribution in [0, 0.1) is 0 Å². The Balaban J connectivity index is 2.49. The molecule has 4 heteroatoms. The highest BCUT2D eigenvalue weighted by atomic mass is 16.5. The maximum absolute atomic E-state index is 9.25. The number of hydrogen-bond donors (Lipinski definition) is 1. The lowest BCUT2D eigenvalue weighted by atomic mass is 10.1. The second-order valence-corrected chi connectivity index (χ2v) is 3.22. The van der Waals surface area contributed by atoms with E-state index in [-0.39, 0.29) is 6.61 Å². The van der Waals surface area contributed by atoms with Crippen LogP contribution < -0.4 is 4.74 Å². The summed E-state index contributed by atoms with van der Waals surface area (Å²) in [5.74, 6) is 0.490. The lowest BCUT2D eigenvalue weighted by Gasteiger charge is -2.07. The average molecular weight is 216 g/mol. The number of nitrogens with zero attached hydrogens (tertiary/aromatic N) is 2. The van der Waals surface area contributed by atoms with Crippen molar-refractivity contribution < 1.29 is 9.84 Å². The Morgan fingerprint density at radius 3 is 2.75 bits per heavy atom. The third-order valence-electron chi connectivity index (χ3n) is 2.25. The molecule has 0 aliphatic heterocycles. The fourth-order valence-electron chi connectivity index (χ4n) is 1.47. The molecule has 0 amide bonds. The summed E-state index contributed by atoms with van der Waals surface area (Å²) in [5, 5.41) is 9.25. The number of aliphatic hydroxyl groups is 1. The van der Waals surface area contributed by atoms with Crippen molar-refractivity contribution in [3.63, 3.8) is 0 Å². The molecule has 2 aromatic rings. The molecule has 0 radical (unpaired) electrons. The highest BCUT2D eigenvalue weighted by Gasteiger charge is 2.08. The summed E-state index contributed by atoms with van der Waals surface area (Å²) in [5.41, 5.74) is 2.18. The third-order valence-corrected chi connectivity index (χ3v) is 2.25. The van der Waals surface area contributed by atoms with Crippen molar-refractivity contribution in [2.45, 2.75) is 6.61 Å². The SMILES string of the molecule is COc1ccc(-c2ccccn2)c(CO)n1. The molecule has 16 heavy (non-hydrogen) atoms. The molecular weight excluding hydrogens is 204 g/mol. The zero-order valence-corrected chi connectivity index (χ0v) is 8.92. The van der Waals surface area contributed by atoms with E-state index in [9.17, 15) is 5.11 Å². The number of pyridine rings is 2. The highest BCUT2D eigenvalue weighted by Crippen LogP contribution is 2.22. The van der Waals surface area contributed by atoms with Gasteiger partial charge in [-0.15, -0.1) is 0 Å². The number of methoxy groups -OCH3 is 1. The van der Waals surface area contributed by atoms with Crippen LogP contribution in [0.25, 0.3) is 11.3 Å². The molecule has 0 saturated heterocycles. The van der Waals surface area contributed by atoms with Crippen LogP contribution in [-0.4, -0.2) is 22.2 Å². The van der Waals surface area contributed by atoms with E-state index in [1.165, 1.54) is 0 Å². The number of ether oxygens (including phenoxy) is 1. The van der Waals surface area contributed by atoms with Crippen molar-refractivity contribution in [3.05, 3.63) is 42.2 Å². The molecule has 82 valence electrons. The van der Waals surface area contributed by atoms with Gasteiger partial charge in [-0.2, -0.15) is 0 Å². The van der Waals surface area contributed by atoms with Gasteiger partial charge in [0.1, 0.15) is 0 Å². The van der Waals surface area contributed by atoms with Crippen LogP contribution in [0.2, 0.25) is 0 Å². The van der Waals surface area contributed by atoms with Crippen molar-refractivity contribution in [1.29, 1.82) is 0 Å². The van der Waals surface area contributed by atoms with E-state index in [0.29, 0.717) is 11.6 Å². The van der Waals surface area contributed by atoms with Gasteiger partial charge in [0.25, 0.3) is 0 Å². The molecule has 0 spiro atoms. The van der Waals surface area contributed by atoms with Crippen LogP contribution in [0.5, 0.6) is 5.88 Å². The minimum atomic E-state index is -0.136. The lowest BCUT2D eigenvalue weighted by molar-refractivity contribution is 0.275. The monoisotopic (exact) mass is 216 g/mol. The van der Waals surface area contributed by atoms with Gasteiger partial charge in [0.05, 0.1) is 25.1 Å².